The quantitative estimate of drug-likeness (QED) is 0.679. The molecule has 0 saturated carbocycles. The Morgan fingerprint density at radius 1 is 1.26 bits per heavy atom. The molecule has 1 N–H and O–H groups in total. The molecule has 19 heavy (non-hydrogen) atoms. The minimum atomic E-state index is -1.65. The first-order valence-corrected chi connectivity index (χ1v) is 5.71. The minimum Gasteiger partial charge on any atom is -0.465 e. The van der Waals surface area contributed by atoms with E-state index in [1.807, 2.05) is 0 Å². The third kappa shape index (κ3) is 3.07. The van der Waals surface area contributed by atoms with Crippen LogP contribution in [0.5, 0.6) is 0 Å². The van der Waals surface area contributed by atoms with E-state index in [4.69, 9.17) is 4.74 Å². The molecule has 0 radical (unpaired) electrons. The standard InChI is InChI=1S/C13H15F3O3/c1-4-19-12(18)13(2,3)11(17)7-5-9(15)10(16)6-8(7)14/h5-6,11,17H,4H2,1-3H3. The first-order valence-electron chi connectivity index (χ1n) is 5.71. The van der Waals surface area contributed by atoms with Crippen molar-refractivity contribution in [3.63, 3.8) is 0 Å². The number of rotatable bonds is 4. The monoisotopic (exact) mass is 276 g/mol. The molecule has 3 nitrogen and oxygen atoms in total. The Labute approximate surface area is 109 Å². The van der Waals surface area contributed by atoms with Crippen LogP contribution in [0.2, 0.25) is 0 Å². The number of ether oxygens (including phenoxy) is 1. The zero-order valence-corrected chi connectivity index (χ0v) is 10.8. The molecule has 1 unspecified atom stereocenters. The summed E-state index contributed by atoms with van der Waals surface area (Å²) in [5.41, 5.74) is -1.97. The largest absolute Gasteiger partial charge is 0.465 e. The zero-order chi connectivity index (χ0) is 14.8. The number of carbonyl (C=O) groups excluding carboxylic acids is 1. The fourth-order valence-corrected chi connectivity index (χ4v) is 1.56. The second kappa shape index (κ2) is 5.61. The van der Waals surface area contributed by atoms with Gasteiger partial charge in [0.15, 0.2) is 11.6 Å². The van der Waals surface area contributed by atoms with Crippen molar-refractivity contribution in [1.82, 2.24) is 0 Å². The van der Waals surface area contributed by atoms with Crippen molar-refractivity contribution in [2.24, 2.45) is 5.41 Å². The molecule has 1 aromatic rings. The average molecular weight is 276 g/mol. The molecule has 0 aliphatic carbocycles. The van der Waals surface area contributed by atoms with E-state index < -0.39 is 40.5 Å². The Morgan fingerprint density at radius 2 is 1.79 bits per heavy atom. The highest BCUT2D eigenvalue weighted by Crippen LogP contribution is 2.36. The summed E-state index contributed by atoms with van der Waals surface area (Å²) in [5, 5.41) is 10.0. The Balaban J connectivity index is 3.15. The zero-order valence-electron chi connectivity index (χ0n) is 10.8. The Kier molecular flexibility index (Phi) is 4.57. The fraction of sp³-hybridized carbons (Fsp3) is 0.462. The predicted octanol–water partition coefficient (Wildman–Crippen LogP) is 2.73. The number of halogens is 3. The van der Waals surface area contributed by atoms with E-state index in [0.717, 1.165) is 0 Å². The molecular formula is C13H15F3O3. The summed E-state index contributed by atoms with van der Waals surface area (Å²) >= 11 is 0. The molecule has 0 spiro atoms. The fourth-order valence-electron chi connectivity index (χ4n) is 1.56. The SMILES string of the molecule is CCOC(=O)C(C)(C)C(O)c1cc(F)c(F)cc1F. The Bertz CT molecular complexity index is 486. The molecule has 1 atom stereocenters. The van der Waals surface area contributed by atoms with Gasteiger partial charge < -0.3 is 9.84 Å². The maximum Gasteiger partial charge on any atom is 0.314 e. The number of aliphatic hydroxyl groups excluding tert-OH is 1. The lowest BCUT2D eigenvalue weighted by molar-refractivity contribution is -0.160. The minimum absolute atomic E-state index is 0.0925. The van der Waals surface area contributed by atoms with Gasteiger partial charge in [0.2, 0.25) is 0 Å². The number of esters is 1. The smallest absolute Gasteiger partial charge is 0.314 e. The van der Waals surface area contributed by atoms with Gasteiger partial charge in [-0.25, -0.2) is 13.2 Å². The highest BCUT2D eigenvalue weighted by Gasteiger charge is 2.39. The van der Waals surface area contributed by atoms with Crippen LogP contribution in [-0.2, 0) is 9.53 Å². The van der Waals surface area contributed by atoms with E-state index >= 15 is 0 Å². The van der Waals surface area contributed by atoms with Crippen LogP contribution in [0.3, 0.4) is 0 Å². The van der Waals surface area contributed by atoms with Gasteiger partial charge in [0.05, 0.1) is 18.1 Å². The molecule has 0 amide bonds. The van der Waals surface area contributed by atoms with Crippen molar-refractivity contribution in [2.45, 2.75) is 26.9 Å². The summed E-state index contributed by atoms with van der Waals surface area (Å²) in [6.45, 7) is 4.33. The van der Waals surface area contributed by atoms with Gasteiger partial charge in [-0.05, 0) is 26.8 Å². The molecule has 0 aromatic heterocycles. The molecule has 0 bridgehead atoms. The summed E-state index contributed by atoms with van der Waals surface area (Å²) in [6, 6.07) is 0.866. The van der Waals surface area contributed by atoms with Crippen molar-refractivity contribution < 1.29 is 27.8 Å². The van der Waals surface area contributed by atoms with Crippen LogP contribution in [0.15, 0.2) is 12.1 Å². The maximum atomic E-state index is 13.5. The summed E-state index contributed by atoms with van der Waals surface area (Å²) in [6.07, 6.45) is -1.65. The maximum absolute atomic E-state index is 13.5. The van der Waals surface area contributed by atoms with Gasteiger partial charge >= 0.3 is 5.97 Å². The van der Waals surface area contributed by atoms with Crippen LogP contribution in [-0.4, -0.2) is 17.7 Å². The van der Waals surface area contributed by atoms with Gasteiger partial charge in [0, 0.05) is 11.6 Å². The van der Waals surface area contributed by atoms with Gasteiger partial charge in [0.1, 0.15) is 5.82 Å². The summed E-state index contributed by atoms with van der Waals surface area (Å²) in [4.78, 5) is 11.7. The van der Waals surface area contributed by atoms with Crippen molar-refractivity contribution >= 4 is 5.97 Å². The van der Waals surface area contributed by atoms with Crippen molar-refractivity contribution in [3.8, 4) is 0 Å². The second-order valence-electron chi connectivity index (χ2n) is 4.63. The third-order valence-corrected chi connectivity index (χ3v) is 2.82. The van der Waals surface area contributed by atoms with Crippen LogP contribution >= 0.6 is 0 Å². The average Bonchev–Trinajstić information content (AvgIpc) is 2.33. The first kappa shape index (κ1) is 15.5. The van der Waals surface area contributed by atoms with Gasteiger partial charge in [-0.15, -0.1) is 0 Å². The molecule has 1 rings (SSSR count). The van der Waals surface area contributed by atoms with Crippen LogP contribution in [0.4, 0.5) is 13.2 Å². The van der Waals surface area contributed by atoms with Crippen molar-refractivity contribution in [3.05, 3.63) is 35.1 Å². The van der Waals surface area contributed by atoms with Crippen LogP contribution in [0.25, 0.3) is 0 Å². The lowest BCUT2D eigenvalue weighted by Gasteiger charge is -2.28. The van der Waals surface area contributed by atoms with Gasteiger partial charge in [-0.3, -0.25) is 4.79 Å². The van der Waals surface area contributed by atoms with Gasteiger partial charge in [-0.1, -0.05) is 0 Å². The topological polar surface area (TPSA) is 46.5 Å². The van der Waals surface area contributed by atoms with Gasteiger partial charge in [-0.2, -0.15) is 0 Å². The Morgan fingerprint density at radius 3 is 2.32 bits per heavy atom. The lowest BCUT2D eigenvalue weighted by Crippen LogP contribution is -2.33. The van der Waals surface area contributed by atoms with E-state index in [1.165, 1.54) is 13.8 Å². The number of carbonyl (C=O) groups is 1. The molecule has 0 heterocycles. The van der Waals surface area contributed by atoms with E-state index in [2.05, 4.69) is 0 Å². The second-order valence-corrected chi connectivity index (χ2v) is 4.63. The van der Waals surface area contributed by atoms with Gasteiger partial charge in [0.25, 0.3) is 0 Å². The first-order chi connectivity index (χ1) is 8.71. The van der Waals surface area contributed by atoms with E-state index in [1.54, 1.807) is 6.92 Å². The van der Waals surface area contributed by atoms with E-state index in [0.29, 0.717) is 12.1 Å². The highest BCUT2D eigenvalue weighted by atomic mass is 19.2. The number of hydrogen-bond donors (Lipinski definition) is 1. The number of hydrogen-bond acceptors (Lipinski definition) is 3. The summed E-state index contributed by atoms with van der Waals surface area (Å²) in [7, 11) is 0. The van der Waals surface area contributed by atoms with Crippen LogP contribution in [0, 0.1) is 22.9 Å². The van der Waals surface area contributed by atoms with E-state index in [-0.39, 0.29) is 6.61 Å². The third-order valence-electron chi connectivity index (χ3n) is 2.82. The Hall–Kier alpha value is -1.56. The number of aliphatic hydroxyl groups is 1. The van der Waals surface area contributed by atoms with Crippen molar-refractivity contribution in [2.75, 3.05) is 6.61 Å². The molecule has 0 saturated heterocycles. The molecular weight excluding hydrogens is 261 g/mol. The summed E-state index contributed by atoms with van der Waals surface area (Å²) in [5.74, 6) is -4.53. The molecule has 1 aromatic carbocycles. The predicted molar refractivity (Wildman–Crippen MR) is 61.7 cm³/mol. The van der Waals surface area contributed by atoms with E-state index in [9.17, 15) is 23.1 Å². The molecule has 0 aliphatic heterocycles. The molecule has 6 heteroatoms. The molecule has 106 valence electrons. The summed E-state index contributed by atoms with van der Waals surface area (Å²) < 4.78 is 44.2. The van der Waals surface area contributed by atoms with Crippen molar-refractivity contribution in [1.29, 1.82) is 0 Å². The lowest BCUT2D eigenvalue weighted by atomic mass is 9.82. The highest BCUT2D eigenvalue weighted by molar-refractivity contribution is 5.77. The van der Waals surface area contributed by atoms with Crippen LogP contribution in [0.1, 0.15) is 32.4 Å². The molecule has 0 fully saturated rings. The normalized spacial score (nSPS) is 13.2. The van der Waals surface area contributed by atoms with Crippen LogP contribution < -0.4 is 0 Å². The molecule has 0 aliphatic rings. The number of benzene rings is 1.